The van der Waals surface area contributed by atoms with Crippen molar-refractivity contribution in [2.45, 2.75) is 50.7 Å². The fraction of sp³-hybridized carbons (Fsp3) is 0.650. The second-order valence-electron chi connectivity index (χ2n) is 7.71. The van der Waals surface area contributed by atoms with E-state index in [1.54, 1.807) is 12.1 Å². The Morgan fingerprint density at radius 3 is 2.48 bits per heavy atom. The molecule has 0 aromatic heterocycles. The lowest BCUT2D eigenvalue weighted by Gasteiger charge is -2.34. The zero-order chi connectivity index (χ0) is 21.0. The lowest BCUT2D eigenvalue weighted by molar-refractivity contribution is -0.121. The van der Waals surface area contributed by atoms with Gasteiger partial charge in [-0.05, 0) is 51.8 Å². The Balaban J connectivity index is 1.75. The number of nitrogens with zero attached hydrogens (tertiary/aromatic N) is 2. The minimum atomic E-state index is -3.66. The third kappa shape index (κ3) is 5.48. The zero-order valence-electron chi connectivity index (χ0n) is 17.4. The van der Waals surface area contributed by atoms with Crippen molar-refractivity contribution in [2.24, 2.45) is 0 Å². The Kier molecular flexibility index (Phi) is 7.15. The highest BCUT2D eigenvalue weighted by atomic mass is 32.2. The number of nitrogens with one attached hydrogen (secondary N) is 1. The Bertz CT molecular complexity index is 813. The summed E-state index contributed by atoms with van der Waals surface area (Å²) in [6.07, 6.45) is 1.87. The van der Waals surface area contributed by atoms with Crippen LogP contribution in [0.3, 0.4) is 0 Å². The quantitative estimate of drug-likeness (QED) is 0.718. The molecule has 1 N–H and O–H groups in total. The van der Waals surface area contributed by atoms with Crippen LogP contribution in [0.5, 0.6) is 5.75 Å². The van der Waals surface area contributed by atoms with E-state index < -0.39 is 10.0 Å². The van der Waals surface area contributed by atoms with Gasteiger partial charge in [0.1, 0.15) is 10.6 Å². The van der Waals surface area contributed by atoms with Crippen molar-refractivity contribution in [1.82, 2.24) is 9.21 Å². The first-order valence-electron chi connectivity index (χ1n) is 10.2. The van der Waals surface area contributed by atoms with Crippen LogP contribution in [0.25, 0.3) is 0 Å². The highest BCUT2D eigenvalue weighted by molar-refractivity contribution is 7.89. The third-order valence-electron chi connectivity index (χ3n) is 5.07. The SMILES string of the molecule is CCOc1ccc(NC(=O)CN2C[C@H](C)O[C@@H](C)C2)cc1S(=O)(=O)N1CCCC1. The molecule has 2 aliphatic rings. The number of amides is 1. The van der Waals surface area contributed by atoms with E-state index in [2.05, 4.69) is 5.32 Å². The monoisotopic (exact) mass is 425 g/mol. The van der Waals surface area contributed by atoms with Gasteiger partial charge in [-0.1, -0.05) is 0 Å². The highest BCUT2D eigenvalue weighted by Gasteiger charge is 2.30. The summed E-state index contributed by atoms with van der Waals surface area (Å²) in [7, 11) is -3.66. The summed E-state index contributed by atoms with van der Waals surface area (Å²) in [6, 6.07) is 4.79. The van der Waals surface area contributed by atoms with E-state index in [-0.39, 0.29) is 29.6 Å². The fourth-order valence-corrected chi connectivity index (χ4v) is 5.62. The Morgan fingerprint density at radius 1 is 1.21 bits per heavy atom. The number of morpholine rings is 1. The largest absolute Gasteiger partial charge is 0.492 e. The number of benzene rings is 1. The molecule has 0 bridgehead atoms. The number of hydrogen-bond donors (Lipinski definition) is 1. The maximum atomic E-state index is 13.1. The van der Waals surface area contributed by atoms with Crippen LogP contribution >= 0.6 is 0 Å². The highest BCUT2D eigenvalue weighted by Crippen LogP contribution is 2.31. The third-order valence-corrected chi connectivity index (χ3v) is 6.99. The summed E-state index contributed by atoms with van der Waals surface area (Å²) in [4.78, 5) is 14.7. The van der Waals surface area contributed by atoms with Crippen LogP contribution in [-0.4, -0.2) is 75.1 Å². The van der Waals surface area contributed by atoms with Gasteiger partial charge in [0.05, 0.1) is 25.4 Å². The molecule has 0 radical (unpaired) electrons. The van der Waals surface area contributed by atoms with Crippen LogP contribution in [0.1, 0.15) is 33.6 Å². The Hall–Kier alpha value is -1.68. The topological polar surface area (TPSA) is 88.2 Å². The smallest absolute Gasteiger partial charge is 0.246 e. The Labute approximate surface area is 173 Å². The summed E-state index contributed by atoms with van der Waals surface area (Å²) in [5.74, 6) is 0.133. The van der Waals surface area contributed by atoms with Gasteiger partial charge in [0.2, 0.25) is 15.9 Å². The molecule has 0 saturated carbocycles. The first-order chi connectivity index (χ1) is 13.8. The van der Waals surface area contributed by atoms with Gasteiger partial charge in [0, 0.05) is 31.9 Å². The second kappa shape index (κ2) is 9.42. The predicted octanol–water partition coefficient (Wildman–Crippen LogP) is 1.92. The van der Waals surface area contributed by atoms with Crippen LogP contribution < -0.4 is 10.1 Å². The minimum Gasteiger partial charge on any atom is -0.492 e. The molecule has 29 heavy (non-hydrogen) atoms. The molecule has 3 rings (SSSR count). The van der Waals surface area contributed by atoms with Gasteiger partial charge >= 0.3 is 0 Å². The van der Waals surface area contributed by atoms with Gasteiger partial charge in [0.15, 0.2) is 0 Å². The molecule has 2 fully saturated rings. The van der Waals surface area contributed by atoms with E-state index in [0.717, 1.165) is 12.8 Å². The van der Waals surface area contributed by atoms with Gasteiger partial charge in [0.25, 0.3) is 0 Å². The first kappa shape index (κ1) is 22.0. The van der Waals surface area contributed by atoms with Crippen molar-refractivity contribution in [2.75, 3.05) is 44.6 Å². The van der Waals surface area contributed by atoms with Gasteiger partial charge in [-0.3, -0.25) is 9.69 Å². The van der Waals surface area contributed by atoms with Crippen molar-refractivity contribution in [3.05, 3.63) is 18.2 Å². The molecule has 0 spiro atoms. The van der Waals surface area contributed by atoms with Gasteiger partial charge in [-0.15, -0.1) is 0 Å². The van der Waals surface area contributed by atoms with Crippen LogP contribution in [-0.2, 0) is 19.6 Å². The lowest BCUT2D eigenvalue weighted by atomic mass is 10.2. The molecule has 1 aromatic carbocycles. The average molecular weight is 426 g/mol. The molecule has 2 heterocycles. The maximum absolute atomic E-state index is 13.1. The number of carbonyl (C=O) groups excluding carboxylic acids is 1. The molecule has 1 aromatic rings. The molecule has 1 amide bonds. The zero-order valence-corrected chi connectivity index (χ0v) is 18.2. The van der Waals surface area contributed by atoms with Gasteiger partial charge in [-0.25, -0.2) is 8.42 Å². The molecule has 9 heteroatoms. The number of ether oxygens (including phenoxy) is 2. The fourth-order valence-electron chi connectivity index (χ4n) is 3.95. The van der Waals surface area contributed by atoms with E-state index >= 15 is 0 Å². The Morgan fingerprint density at radius 2 is 1.86 bits per heavy atom. The minimum absolute atomic E-state index is 0.0780. The standard InChI is InChI=1S/C20H31N3O5S/c1-4-27-18-8-7-17(11-19(18)29(25,26)23-9-5-6-10-23)21-20(24)14-22-12-15(2)28-16(3)13-22/h7-8,11,15-16H,4-6,9-10,12-14H2,1-3H3,(H,21,24)/t15-,16-/m0/s1. The molecular formula is C20H31N3O5S. The van der Waals surface area contributed by atoms with Crippen LogP contribution in [0.4, 0.5) is 5.69 Å². The molecule has 2 saturated heterocycles. The van der Waals surface area contributed by atoms with E-state index in [9.17, 15) is 13.2 Å². The van der Waals surface area contributed by atoms with E-state index in [0.29, 0.717) is 44.2 Å². The molecule has 162 valence electrons. The van der Waals surface area contributed by atoms with Crippen molar-refractivity contribution >= 4 is 21.6 Å². The summed E-state index contributed by atoms with van der Waals surface area (Å²) >= 11 is 0. The number of anilines is 1. The molecule has 2 aliphatic heterocycles. The van der Waals surface area contributed by atoms with Crippen LogP contribution in [0.15, 0.2) is 23.1 Å². The maximum Gasteiger partial charge on any atom is 0.246 e. The number of rotatable bonds is 7. The van der Waals surface area contributed by atoms with Crippen molar-refractivity contribution in [3.8, 4) is 5.75 Å². The van der Waals surface area contributed by atoms with E-state index in [1.165, 1.54) is 10.4 Å². The van der Waals surface area contributed by atoms with Crippen molar-refractivity contribution in [1.29, 1.82) is 0 Å². The summed E-state index contributed by atoms with van der Waals surface area (Å²) in [5, 5.41) is 2.83. The lowest BCUT2D eigenvalue weighted by Crippen LogP contribution is -2.48. The van der Waals surface area contributed by atoms with Gasteiger partial charge < -0.3 is 14.8 Å². The average Bonchev–Trinajstić information content (AvgIpc) is 3.17. The molecule has 0 aliphatic carbocycles. The summed E-state index contributed by atoms with van der Waals surface area (Å²) in [6.45, 7) is 8.79. The van der Waals surface area contributed by atoms with Crippen LogP contribution in [0.2, 0.25) is 0 Å². The number of sulfonamides is 1. The summed E-state index contributed by atoms with van der Waals surface area (Å²) in [5.41, 5.74) is 0.450. The van der Waals surface area contributed by atoms with Crippen molar-refractivity contribution < 1.29 is 22.7 Å². The number of carbonyl (C=O) groups is 1. The van der Waals surface area contributed by atoms with E-state index in [4.69, 9.17) is 9.47 Å². The number of hydrogen-bond acceptors (Lipinski definition) is 6. The van der Waals surface area contributed by atoms with Gasteiger partial charge in [-0.2, -0.15) is 4.31 Å². The first-order valence-corrected chi connectivity index (χ1v) is 11.7. The molecular weight excluding hydrogens is 394 g/mol. The van der Waals surface area contributed by atoms with Crippen molar-refractivity contribution in [3.63, 3.8) is 0 Å². The predicted molar refractivity (Wildman–Crippen MR) is 111 cm³/mol. The molecule has 0 unspecified atom stereocenters. The normalized spacial score (nSPS) is 23.8. The summed E-state index contributed by atoms with van der Waals surface area (Å²) < 4.78 is 38.9. The van der Waals surface area contributed by atoms with E-state index in [1.807, 2.05) is 25.7 Å². The molecule has 8 nitrogen and oxygen atoms in total. The molecule has 2 atom stereocenters. The second-order valence-corrected chi connectivity index (χ2v) is 9.61. The van der Waals surface area contributed by atoms with Crippen LogP contribution in [0, 0.1) is 0 Å².